The van der Waals surface area contributed by atoms with Crippen LogP contribution >= 0.6 is 0 Å². The third kappa shape index (κ3) is 3.24. The van der Waals surface area contributed by atoms with E-state index in [1.165, 1.54) is 0 Å². The third-order valence-corrected chi connectivity index (χ3v) is 4.35. The third-order valence-electron chi connectivity index (χ3n) is 4.35. The van der Waals surface area contributed by atoms with Crippen LogP contribution in [0.25, 0.3) is 5.69 Å². The second-order valence-electron chi connectivity index (χ2n) is 5.80. The molecule has 0 spiro atoms. The Balaban J connectivity index is 1.58. The van der Waals surface area contributed by atoms with E-state index in [2.05, 4.69) is 10.4 Å². The standard InChI is InChI=1S/C17H19N3O4/c1-24-13-4-2-12(3-5-13)20-9-8-11(19-20)10-18-16(21)14-6-7-15(14)17(22)23/h2-5,8-9,14-15H,6-7,10H2,1H3,(H,18,21)(H,22,23). The van der Waals surface area contributed by atoms with Crippen molar-refractivity contribution in [2.45, 2.75) is 19.4 Å². The minimum atomic E-state index is -0.898. The number of aliphatic carboxylic acids is 1. The summed E-state index contributed by atoms with van der Waals surface area (Å²) in [5.41, 5.74) is 1.60. The lowest BCUT2D eigenvalue weighted by Crippen LogP contribution is -2.43. The molecule has 7 nitrogen and oxygen atoms in total. The van der Waals surface area contributed by atoms with Gasteiger partial charge in [-0.05, 0) is 43.2 Å². The molecule has 3 rings (SSSR count). The quantitative estimate of drug-likeness (QED) is 0.840. The first-order valence-electron chi connectivity index (χ1n) is 7.78. The van der Waals surface area contributed by atoms with Gasteiger partial charge in [-0.2, -0.15) is 5.10 Å². The molecule has 0 bridgehead atoms. The fourth-order valence-electron chi connectivity index (χ4n) is 2.75. The van der Waals surface area contributed by atoms with Gasteiger partial charge in [-0.15, -0.1) is 0 Å². The molecular weight excluding hydrogens is 310 g/mol. The number of nitrogens with zero attached hydrogens (tertiary/aromatic N) is 2. The predicted octanol–water partition coefficient (Wildman–Crippen LogP) is 1.61. The van der Waals surface area contributed by atoms with Crippen LogP contribution in [0.4, 0.5) is 0 Å². The lowest BCUT2D eigenvalue weighted by molar-refractivity contribution is -0.152. The summed E-state index contributed by atoms with van der Waals surface area (Å²) in [5, 5.41) is 16.2. The number of hydrogen-bond acceptors (Lipinski definition) is 4. The number of carbonyl (C=O) groups excluding carboxylic acids is 1. The highest BCUT2D eigenvalue weighted by molar-refractivity contribution is 5.86. The van der Waals surface area contributed by atoms with Crippen molar-refractivity contribution < 1.29 is 19.4 Å². The molecular formula is C17H19N3O4. The van der Waals surface area contributed by atoms with Gasteiger partial charge in [0.1, 0.15) is 5.75 Å². The number of amides is 1. The molecule has 2 N–H and O–H groups in total. The van der Waals surface area contributed by atoms with E-state index in [4.69, 9.17) is 9.84 Å². The molecule has 24 heavy (non-hydrogen) atoms. The van der Waals surface area contributed by atoms with E-state index in [1.54, 1.807) is 11.8 Å². The van der Waals surface area contributed by atoms with Gasteiger partial charge in [0.05, 0.1) is 36.9 Å². The number of nitrogens with one attached hydrogen (secondary N) is 1. The zero-order valence-electron chi connectivity index (χ0n) is 13.3. The first kappa shape index (κ1) is 16.0. The Morgan fingerprint density at radius 3 is 2.54 bits per heavy atom. The van der Waals surface area contributed by atoms with Gasteiger partial charge in [0.25, 0.3) is 0 Å². The molecule has 0 aliphatic heterocycles. The molecule has 126 valence electrons. The molecule has 1 heterocycles. The Labute approximate surface area is 139 Å². The molecule has 2 unspecified atom stereocenters. The van der Waals surface area contributed by atoms with E-state index in [0.29, 0.717) is 18.5 Å². The second-order valence-corrected chi connectivity index (χ2v) is 5.80. The molecule has 1 saturated carbocycles. The molecule has 1 aromatic heterocycles. The maximum Gasteiger partial charge on any atom is 0.307 e. The van der Waals surface area contributed by atoms with Crippen LogP contribution in [0.15, 0.2) is 36.5 Å². The van der Waals surface area contributed by atoms with Crippen molar-refractivity contribution in [1.82, 2.24) is 15.1 Å². The molecule has 1 aliphatic carbocycles. The smallest absolute Gasteiger partial charge is 0.307 e. The molecule has 0 radical (unpaired) electrons. The Morgan fingerprint density at radius 2 is 1.96 bits per heavy atom. The number of aromatic nitrogens is 2. The SMILES string of the molecule is COc1ccc(-n2ccc(CNC(=O)C3CCC3C(=O)O)n2)cc1. The Kier molecular flexibility index (Phi) is 4.50. The first-order valence-corrected chi connectivity index (χ1v) is 7.78. The Bertz CT molecular complexity index is 739. The number of benzene rings is 1. The Morgan fingerprint density at radius 1 is 1.25 bits per heavy atom. The van der Waals surface area contributed by atoms with Crippen LogP contribution < -0.4 is 10.1 Å². The largest absolute Gasteiger partial charge is 0.497 e. The highest BCUT2D eigenvalue weighted by Crippen LogP contribution is 2.34. The van der Waals surface area contributed by atoms with Crippen molar-refractivity contribution in [2.24, 2.45) is 11.8 Å². The molecule has 7 heteroatoms. The average Bonchev–Trinajstić information content (AvgIpc) is 3.00. The highest BCUT2D eigenvalue weighted by atomic mass is 16.5. The van der Waals surface area contributed by atoms with Crippen molar-refractivity contribution >= 4 is 11.9 Å². The van der Waals surface area contributed by atoms with Gasteiger partial charge >= 0.3 is 5.97 Å². The number of carboxylic acid groups (broad SMARTS) is 1. The molecule has 1 aliphatic rings. The molecule has 1 aromatic carbocycles. The van der Waals surface area contributed by atoms with E-state index in [1.807, 2.05) is 36.5 Å². The number of methoxy groups -OCH3 is 1. The van der Waals surface area contributed by atoms with Gasteiger partial charge < -0.3 is 15.2 Å². The number of carbonyl (C=O) groups is 2. The maximum absolute atomic E-state index is 12.0. The van der Waals surface area contributed by atoms with Gasteiger partial charge in [-0.25, -0.2) is 4.68 Å². The van der Waals surface area contributed by atoms with Gasteiger partial charge in [-0.1, -0.05) is 0 Å². The van der Waals surface area contributed by atoms with Gasteiger partial charge in [0, 0.05) is 6.20 Å². The summed E-state index contributed by atoms with van der Waals surface area (Å²) in [6.07, 6.45) is 3.01. The summed E-state index contributed by atoms with van der Waals surface area (Å²) in [4.78, 5) is 23.0. The summed E-state index contributed by atoms with van der Waals surface area (Å²) in [5.74, 6) is -1.32. The van der Waals surface area contributed by atoms with Crippen LogP contribution in [0.1, 0.15) is 18.5 Å². The average molecular weight is 329 g/mol. The number of rotatable bonds is 6. The fraction of sp³-hybridized carbons (Fsp3) is 0.353. The van der Waals surface area contributed by atoms with E-state index in [-0.39, 0.29) is 12.5 Å². The first-order chi connectivity index (χ1) is 11.6. The zero-order valence-corrected chi connectivity index (χ0v) is 13.3. The number of ether oxygens (including phenoxy) is 1. The lowest BCUT2D eigenvalue weighted by Gasteiger charge is -2.31. The van der Waals surface area contributed by atoms with Crippen LogP contribution in [0.2, 0.25) is 0 Å². The Hall–Kier alpha value is -2.83. The molecule has 0 saturated heterocycles. The number of carboxylic acids is 1. The van der Waals surface area contributed by atoms with Crippen molar-refractivity contribution in [3.8, 4) is 11.4 Å². The van der Waals surface area contributed by atoms with Gasteiger partial charge in [-0.3, -0.25) is 9.59 Å². The van der Waals surface area contributed by atoms with Crippen molar-refractivity contribution in [1.29, 1.82) is 0 Å². The summed E-state index contributed by atoms with van der Waals surface area (Å²) in [6, 6.07) is 9.29. The van der Waals surface area contributed by atoms with Gasteiger partial charge in [0.2, 0.25) is 5.91 Å². The van der Waals surface area contributed by atoms with Crippen LogP contribution in [0.5, 0.6) is 5.75 Å². The maximum atomic E-state index is 12.0. The van der Waals surface area contributed by atoms with Crippen molar-refractivity contribution in [2.75, 3.05) is 7.11 Å². The molecule has 2 atom stereocenters. The van der Waals surface area contributed by atoms with Crippen LogP contribution in [-0.2, 0) is 16.1 Å². The van der Waals surface area contributed by atoms with Crippen LogP contribution in [-0.4, -0.2) is 33.9 Å². The topological polar surface area (TPSA) is 93.5 Å². The molecule has 1 amide bonds. The van der Waals surface area contributed by atoms with E-state index >= 15 is 0 Å². The normalized spacial score (nSPS) is 19.4. The van der Waals surface area contributed by atoms with E-state index < -0.39 is 17.8 Å². The monoisotopic (exact) mass is 329 g/mol. The summed E-state index contributed by atoms with van der Waals surface area (Å²) in [6.45, 7) is 0.283. The van der Waals surface area contributed by atoms with Crippen LogP contribution in [0, 0.1) is 11.8 Å². The summed E-state index contributed by atoms with van der Waals surface area (Å²) in [7, 11) is 1.61. The zero-order chi connectivity index (χ0) is 17.1. The van der Waals surface area contributed by atoms with Crippen molar-refractivity contribution in [3.63, 3.8) is 0 Å². The minimum Gasteiger partial charge on any atom is -0.497 e. The summed E-state index contributed by atoms with van der Waals surface area (Å²) >= 11 is 0. The van der Waals surface area contributed by atoms with E-state index in [9.17, 15) is 9.59 Å². The fourth-order valence-corrected chi connectivity index (χ4v) is 2.75. The van der Waals surface area contributed by atoms with Crippen molar-refractivity contribution in [3.05, 3.63) is 42.2 Å². The lowest BCUT2D eigenvalue weighted by atomic mass is 9.73. The number of hydrogen-bond donors (Lipinski definition) is 2. The molecule has 1 fully saturated rings. The molecule has 2 aromatic rings. The summed E-state index contributed by atoms with van der Waals surface area (Å²) < 4.78 is 6.83. The van der Waals surface area contributed by atoms with Crippen LogP contribution in [0.3, 0.4) is 0 Å². The second kappa shape index (κ2) is 6.74. The minimum absolute atomic E-state index is 0.215. The van der Waals surface area contributed by atoms with E-state index in [0.717, 1.165) is 11.4 Å². The highest BCUT2D eigenvalue weighted by Gasteiger charge is 2.41. The predicted molar refractivity (Wildman–Crippen MR) is 85.8 cm³/mol. The van der Waals surface area contributed by atoms with Gasteiger partial charge in [0.15, 0.2) is 0 Å².